The Morgan fingerprint density at radius 2 is 1.77 bits per heavy atom. The highest BCUT2D eigenvalue weighted by Gasteiger charge is 2.17. The minimum Gasteiger partial charge on any atom is -0.326 e. The summed E-state index contributed by atoms with van der Waals surface area (Å²) in [5.41, 5.74) is 9.27. The summed E-state index contributed by atoms with van der Waals surface area (Å²) in [5, 5.41) is 0.750. The first-order chi connectivity index (χ1) is 10.4. The van der Waals surface area contributed by atoms with Crippen LogP contribution in [0.2, 0.25) is 5.02 Å². The molecule has 0 unspecified atom stereocenters. The van der Waals surface area contributed by atoms with E-state index < -0.39 is 0 Å². The van der Waals surface area contributed by atoms with Crippen molar-refractivity contribution in [3.63, 3.8) is 0 Å². The molecule has 0 radical (unpaired) electrons. The van der Waals surface area contributed by atoms with Crippen molar-refractivity contribution in [2.45, 2.75) is 32.4 Å². The first-order valence-electron chi connectivity index (χ1n) is 7.40. The molecule has 2 N–H and O–H groups in total. The Labute approximate surface area is 135 Å². The monoisotopic (exact) mass is 313 g/mol. The number of nitrogens with zero attached hydrogens (tertiary/aromatic N) is 2. The number of para-hydroxylation sites is 2. The van der Waals surface area contributed by atoms with Gasteiger partial charge in [-0.2, -0.15) is 0 Å². The maximum atomic E-state index is 6.23. The summed E-state index contributed by atoms with van der Waals surface area (Å²) < 4.78 is 2.23. The van der Waals surface area contributed by atoms with Crippen LogP contribution in [0.3, 0.4) is 0 Å². The van der Waals surface area contributed by atoms with Gasteiger partial charge >= 0.3 is 0 Å². The fourth-order valence-electron chi connectivity index (χ4n) is 2.63. The molecule has 114 valence electrons. The highest BCUT2D eigenvalue weighted by molar-refractivity contribution is 6.30. The molecule has 0 amide bonds. The Hall–Kier alpha value is -1.84. The summed E-state index contributed by atoms with van der Waals surface area (Å²) in [6.45, 7) is 4.80. The quantitative estimate of drug-likeness (QED) is 0.790. The number of nitrogens with two attached hydrogens (primary N) is 1. The normalized spacial score (nSPS) is 12.0. The minimum absolute atomic E-state index is 0.293. The van der Waals surface area contributed by atoms with Gasteiger partial charge in [-0.3, -0.25) is 0 Å². The summed E-state index contributed by atoms with van der Waals surface area (Å²) in [6, 6.07) is 16.1. The van der Waals surface area contributed by atoms with E-state index in [1.165, 1.54) is 5.56 Å². The van der Waals surface area contributed by atoms with Crippen LogP contribution in [0, 0.1) is 0 Å². The second-order valence-corrected chi connectivity index (χ2v) is 6.83. The molecule has 0 aliphatic carbocycles. The van der Waals surface area contributed by atoms with E-state index in [1.54, 1.807) is 0 Å². The number of halogens is 1. The summed E-state index contributed by atoms with van der Waals surface area (Å²) in [4.78, 5) is 4.79. The molecule has 22 heavy (non-hydrogen) atoms. The van der Waals surface area contributed by atoms with Crippen molar-refractivity contribution < 1.29 is 0 Å². The highest BCUT2D eigenvalue weighted by Crippen LogP contribution is 2.21. The Kier molecular flexibility index (Phi) is 3.94. The highest BCUT2D eigenvalue weighted by atomic mass is 35.5. The molecule has 0 atom stereocenters. The van der Waals surface area contributed by atoms with E-state index in [0.29, 0.717) is 0 Å². The molecule has 1 aromatic heterocycles. The molecule has 4 heteroatoms. The Morgan fingerprint density at radius 3 is 2.45 bits per heavy atom. The van der Waals surface area contributed by atoms with Crippen molar-refractivity contribution in [2.24, 2.45) is 5.73 Å². The molecule has 0 aliphatic heterocycles. The van der Waals surface area contributed by atoms with Gasteiger partial charge in [0.2, 0.25) is 0 Å². The fourth-order valence-corrected chi connectivity index (χ4v) is 2.76. The summed E-state index contributed by atoms with van der Waals surface area (Å²) >= 11 is 5.96. The predicted octanol–water partition coefficient (Wildman–Crippen LogP) is 4.02. The van der Waals surface area contributed by atoms with E-state index in [9.17, 15) is 0 Å². The maximum Gasteiger partial charge on any atom is 0.114 e. The molecular weight excluding hydrogens is 294 g/mol. The molecule has 3 nitrogen and oxygen atoms in total. The average Bonchev–Trinajstić information content (AvgIpc) is 2.78. The van der Waals surface area contributed by atoms with Gasteiger partial charge in [0.05, 0.1) is 11.0 Å². The van der Waals surface area contributed by atoms with Gasteiger partial charge in [0.15, 0.2) is 0 Å². The fraction of sp³-hybridized carbons (Fsp3) is 0.278. The Balaban J connectivity index is 2.03. The molecular formula is C18H20ClN3. The SMILES string of the molecule is CC(C)(N)Cn1c(Cc2ccc(Cl)cc2)nc2ccccc21. The van der Waals surface area contributed by atoms with E-state index >= 15 is 0 Å². The van der Waals surface area contributed by atoms with E-state index in [0.717, 1.165) is 34.8 Å². The van der Waals surface area contributed by atoms with Gasteiger partial charge in [0.1, 0.15) is 5.82 Å². The predicted molar refractivity (Wildman–Crippen MR) is 92.3 cm³/mol. The summed E-state index contributed by atoms with van der Waals surface area (Å²) in [5.74, 6) is 1.03. The van der Waals surface area contributed by atoms with Crippen molar-refractivity contribution >= 4 is 22.6 Å². The molecule has 0 aliphatic rings. The molecule has 0 spiro atoms. The average molecular weight is 314 g/mol. The Morgan fingerprint density at radius 1 is 1.09 bits per heavy atom. The molecule has 0 saturated heterocycles. The van der Waals surface area contributed by atoms with Crippen LogP contribution in [0.4, 0.5) is 0 Å². The third-order valence-electron chi connectivity index (χ3n) is 3.57. The minimum atomic E-state index is -0.293. The third-order valence-corrected chi connectivity index (χ3v) is 3.83. The van der Waals surface area contributed by atoms with E-state index in [4.69, 9.17) is 22.3 Å². The topological polar surface area (TPSA) is 43.8 Å². The lowest BCUT2D eigenvalue weighted by Gasteiger charge is -2.21. The summed E-state index contributed by atoms with van der Waals surface area (Å²) in [6.07, 6.45) is 0.766. The first-order valence-corrected chi connectivity index (χ1v) is 7.78. The zero-order valence-corrected chi connectivity index (χ0v) is 13.6. The molecule has 0 bridgehead atoms. The van der Waals surface area contributed by atoms with Gasteiger partial charge in [-0.1, -0.05) is 35.9 Å². The number of hydrogen-bond acceptors (Lipinski definition) is 2. The molecule has 0 fully saturated rings. The van der Waals surface area contributed by atoms with Crippen LogP contribution >= 0.6 is 11.6 Å². The van der Waals surface area contributed by atoms with Gasteiger partial charge < -0.3 is 10.3 Å². The number of rotatable bonds is 4. The first kappa shape index (κ1) is 15.1. The molecule has 2 aromatic carbocycles. The Bertz CT molecular complexity index is 782. The van der Waals surface area contributed by atoms with Gasteiger partial charge in [-0.05, 0) is 43.7 Å². The number of benzene rings is 2. The van der Waals surface area contributed by atoms with Crippen LogP contribution in [0.25, 0.3) is 11.0 Å². The third kappa shape index (κ3) is 3.32. The standard InChI is InChI=1S/C18H20ClN3/c1-18(2,20)12-22-16-6-4-3-5-15(16)21-17(22)11-13-7-9-14(19)10-8-13/h3-10H,11-12,20H2,1-2H3. The molecule has 1 heterocycles. The maximum absolute atomic E-state index is 6.23. The van der Waals surface area contributed by atoms with E-state index in [-0.39, 0.29) is 5.54 Å². The van der Waals surface area contributed by atoms with Gasteiger partial charge in [-0.25, -0.2) is 4.98 Å². The largest absolute Gasteiger partial charge is 0.326 e. The van der Waals surface area contributed by atoms with Crippen LogP contribution in [-0.2, 0) is 13.0 Å². The number of aromatic nitrogens is 2. The zero-order chi connectivity index (χ0) is 15.7. The van der Waals surface area contributed by atoms with Crippen molar-refractivity contribution in [1.29, 1.82) is 0 Å². The second kappa shape index (κ2) is 5.75. The van der Waals surface area contributed by atoms with Crippen molar-refractivity contribution in [2.75, 3.05) is 0 Å². The lowest BCUT2D eigenvalue weighted by molar-refractivity contribution is 0.433. The second-order valence-electron chi connectivity index (χ2n) is 6.39. The molecule has 0 saturated carbocycles. The number of fused-ring (bicyclic) bond motifs is 1. The smallest absolute Gasteiger partial charge is 0.114 e. The molecule has 3 rings (SSSR count). The van der Waals surface area contributed by atoms with Crippen LogP contribution < -0.4 is 5.73 Å². The van der Waals surface area contributed by atoms with Gasteiger partial charge in [-0.15, -0.1) is 0 Å². The van der Waals surface area contributed by atoms with E-state index in [2.05, 4.69) is 10.6 Å². The van der Waals surface area contributed by atoms with Crippen LogP contribution in [0.5, 0.6) is 0 Å². The van der Waals surface area contributed by atoms with E-state index in [1.807, 2.05) is 56.3 Å². The van der Waals surface area contributed by atoms with Gasteiger partial charge in [0.25, 0.3) is 0 Å². The number of imidazole rings is 1. The van der Waals surface area contributed by atoms with Crippen molar-refractivity contribution in [1.82, 2.24) is 9.55 Å². The lowest BCUT2D eigenvalue weighted by Crippen LogP contribution is -2.37. The van der Waals surface area contributed by atoms with Gasteiger partial charge in [0, 0.05) is 23.5 Å². The van der Waals surface area contributed by atoms with Crippen LogP contribution in [0.15, 0.2) is 48.5 Å². The van der Waals surface area contributed by atoms with Crippen molar-refractivity contribution in [3.05, 3.63) is 64.9 Å². The van der Waals surface area contributed by atoms with Crippen molar-refractivity contribution in [3.8, 4) is 0 Å². The van der Waals surface area contributed by atoms with Crippen LogP contribution in [0.1, 0.15) is 25.2 Å². The molecule has 3 aromatic rings. The summed E-state index contributed by atoms with van der Waals surface area (Å²) in [7, 11) is 0. The number of hydrogen-bond donors (Lipinski definition) is 1. The lowest BCUT2D eigenvalue weighted by atomic mass is 10.1. The van der Waals surface area contributed by atoms with Crippen LogP contribution in [-0.4, -0.2) is 15.1 Å². The zero-order valence-electron chi connectivity index (χ0n) is 12.9.